The molecule has 1 nitrogen and oxygen atoms in total. The summed E-state index contributed by atoms with van der Waals surface area (Å²) in [5.41, 5.74) is 5.01. The van der Waals surface area contributed by atoms with Gasteiger partial charge in [0.1, 0.15) is 0 Å². The SMILES string of the molecule is CC(C)CCC[C@H](C)[C@@H]1CC[C@]2(C)C3=C(CC[C@]12C)[C@]1(C)CC[C@@H](O)C(C)(C)[C@@H]1CC3. The minimum atomic E-state index is -0.125. The Morgan fingerprint density at radius 1 is 0.839 bits per heavy atom. The van der Waals surface area contributed by atoms with E-state index in [1.54, 1.807) is 0 Å². The minimum absolute atomic E-state index is 0.0519. The first-order valence-electron chi connectivity index (χ1n) is 13.8. The molecule has 31 heavy (non-hydrogen) atoms. The summed E-state index contributed by atoms with van der Waals surface area (Å²) in [6.07, 6.45) is 14.4. The summed E-state index contributed by atoms with van der Waals surface area (Å²) < 4.78 is 0. The number of rotatable bonds is 5. The number of hydrogen-bond acceptors (Lipinski definition) is 1. The normalized spacial score (nSPS) is 45.3. The number of allylic oxidation sites excluding steroid dienone is 2. The fraction of sp³-hybridized carbons (Fsp3) is 0.933. The molecule has 2 fully saturated rings. The molecule has 0 aromatic rings. The zero-order chi connectivity index (χ0) is 22.8. The van der Waals surface area contributed by atoms with Crippen molar-refractivity contribution < 1.29 is 5.11 Å². The van der Waals surface area contributed by atoms with Crippen LogP contribution < -0.4 is 0 Å². The molecule has 0 saturated heterocycles. The van der Waals surface area contributed by atoms with Crippen molar-refractivity contribution in [3.63, 3.8) is 0 Å². The first-order chi connectivity index (χ1) is 14.4. The topological polar surface area (TPSA) is 20.2 Å². The summed E-state index contributed by atoms with van der Waals surface area (Å²) in [6.45, 7) is 20.0. The number of aliphatic hydroxyl groups excluding tert-OH is 1. The van der Waals surface area contributed by atoms with Gasteiger partial charge in [0.15, 0.2) is 0 Å². The highest BCUT2D eigenvalue weighted by Crippen LogP contribution is 2.72. The van der Waals surface area contributed by atoms with Crippen molar-refractivity contribution in [1.29, 1.82) is 0 Å². The van der Waals surface area contributed by atoms with Gasteiger partial charge in [0.2, 0.25) is 0 Å². The second-order valence-electron chi connectivity index (χ2n) is 14.0. The fourth-order valence-corrected chi connectivity index (χ4v) is 9.68. The Kier molecular flexibility index (Phi) is 6.07. The van der Waals surface area contributed by atoms with E-state index in [0.29, 0.717) is 22.2 Å². The smallest absolute Gasteiger partial charge is 0.0594 e. The molecule has 0 aromatic carbocycles. The van der Waals surface area contributed by atoms with Crippen LogP contribution in [0.2, 0.25) is 0 Å². The Bertz CT molecular complexity index is 716. The Balaban J connectivity index is 1.63. The molecule has 7 atom stereocenters. The third-order valence-corrected chi connectivity index (χ3v) is 11.9. The second kappa shape index (κ2) is 7.89. The van der Waals surface area contributed by atoms with Gasteiger partial charge in [-0.25, -0.2) is 0 Å². The van der Waals surface area contributed by atoms with Crippen LogP contribution in [0.5, 0.6) is 0 Å². The van der Waals surface area contributed by atoms with Crippen LogP contribution in [0, 0.1) is 45.3 Å². The average molecular weight is 429 g/mol. The van der Waals surface area contributed by atoms with Crippen LogP contribution in [0.3, 0.4) is 0 Å². The summed E-state index contributed by atoms with van der Waals surface area (Å²) >= 11 is 0. The Labute approximate surface area is 193 Å². The third kappa shape index (κ3) is 3.41. The van der Waals surface area contributed by atoms with Crippen LogP contribution in [-0.2, 0) is 0 Å². The standard InChI is InChI=1S/C30H52O/c1-20(2)10-9-11-21(3)22-14-18-30(8)24-12-13-25-27(4,5)26(31)16-17-28(25,6)23(24)15-19-29(22,30)7/h20-22,25-26,31H,9-19H2,1-8H3/t21-,22-,25-,26+,28-,29+,30+/m0/s1. The van der Waals surface area contributed by atoms with Gasteiger partial charge >= 0.3 is 0 Å². The predicted octanol–water partition coefficient (Wildman–Crippen LogP) is 8.56. The van der Waals surface area contributed by atoms with E-state index in [2.05, 4.69) is 55.4 Å². The van der Waals surface area contributed by atoms with Crippen LogP contribution in [0.1, 0.15) is 126 Å². The molecule has 4 aliphatic rings. The molecule has 2 saturated carbocycles. The molecule has 178 valence electrons. The number of fused-ring (bicyclic) bond motifs is 4. The van der Waals surface area contributed by atoms with Gasteiger partial charge in [0, 0.05) is 0 Å². The molecule has 4 rings (SSSR count). The Hall–Kier alpha value is -0.300. The van der Waals surface area contributed by atoms with Gasteiger partial charge < -0.3 is 5.11 Å². The molecular weight excluding hydrogens is 376 g/mol. The number of hydrogen-bond donors (Lipinski definition) is 1. The van der Waals surface area contributed by atoms with E-state index >= 15 is 0 Å². The molecule has 0 radical (unpaired) electrons. The van der Waals surface area contributed by atoms with E-state index in [1.165, 1.54) is 64.2 Å². The van der Waals surface area contributed by atoms with Crippen LogP contribution in [-0.4, -0.2) is 11.2 Å². The summed E-state index contributed by atoms with van der Waals surface area (Å²) in [5.74, 6) is 3.24. The molecule has 0 aromatic heterocycles. The zero-order valence-corrected chi connectivity index (χ0v) is 22.1. The number of aliphatic hydroxyl groups is 1. The van der Waals surface area contributed by atoms with Gasteiger partial charge in [-0.2, -0.15) is 0 Å². The van der Waals surface area contributed by atoms with E-state index in [0.717, 1.165) is 24.2 Å². The lowest BCUT2D eigenvalue weighted by molar-refractivity contribution is -0.0962. The van der Waals surface area contributed by atoms with Gasteiger partial charge in [-0.1, -0.05) is 85.8 Å². The lowest BCUT2D eigenvalue weighted by Crippen LogP contribution is -2.55. The van der Waals surface area contributed by atoms with Crippen molar-refractivity contribution in [2.45, 2.75) is 132 Å². The first-order valence-corrected chi connectivity index (χ1v) is 13.8. The van der Waals surface area contributed by atoms with Crippen LogP contribution in [0.4, 0.5) is 0 Å². The highest BCUT2D eigenvalue weighted by Gasteiger charge is 2.63. The van der Waals surface area contributed by atoms with Crippen molar-refractivity contribution in [1.82, 2.24) is 0 Å². The maximum atomic E-state index is 10.8. The van der Waals surface area contributed by atoms with E-state index in [-0.39, 0.29) is 11.5 Å². The van der Waals surface area contributed by atoms with Crippen molar-refractivity contribution in [3.8, 4) is 0 Å². The molecule has 0 spiro atoms. The largest absolute Gasteiger partial charge is 0.393 e. The van der Waals surface area contributed by atoms with Gasteiger partial charge in [0.05, 0.1) is 6.10 Å². The summed E-state index contributed by atoms with van der Waals surface area (Å²) in [7, 11) is 0. The summed E-state index contributed by atoms with van der Waals surface area (Å²) in [4.78, 5) is 0. The quantitative estimate of drug-likeness (QED) is 0.435. The monoisotopic (exact) mass is 428 g/mol. The summed E-state index contributed by atoms with van der Waals surface area (Å²) in [6, 6.07) is 0. The average Bonchev–Trinajstić information content (AvgIpc) is 2.96. The van der Waals surface area contributed by atoms with Gasteiger partial charge in [0.25, 0.3) is 0 Å². The van der Waals surface area contributed by atoms with Gasteiger partial charge in [-0.05, 0) is 96.7 Å². The third-order valence-electron chi connectivity index (χ3n) is 11.9. The lowest BCUT2D eigenvalue weighted by atomic mass is 9.43. The fourth-order valence-electron chi connectivity index (χ4n) is 9.68. The minimum Gasteiger partial charge on any atom is -0.393 e. The van der Waals surface area contributed by atoms with Crippen LogP contribution >= 0.6 is 0 Å². The maximum Gasteiger partial charge on any atom is 0.0594 e. The van der Waals surface area contributed by atoms with Crippen molar-refractivity contribution >= 4 is 0 Å². The summed E-state index contributed by atoms with van der Waals surface area (Å²) in [5, 5.41) is 10.8. The van der Waals surface area contributed by atoms with Gasteiger partial charge in [-0.3, -0.25) is 0 Å². The Morgan fingerprint density at radius 3 is 2.23 bits per heavy atom. The van der Waals surface area contributed by atoms with E-state index in [9.17, 15) is 5.11 Å². The van der Waals surface area contributed by atoms with Crippen molar-refractivity contribution in [3.05, 3.63) is 11.1 Å². The highest BCUT2D eigenvalue weighted by atomic mass is 16.3. The van der Waals surface area contributed by atoms with Crippen molar-refractivity contribution in [2.75, 3.05) is 0 Å². The van der Waals surface area contributed by atoms with E-state index in [1.807, 2.05) is 11.1 Å². The molecule has 0 heterocycles. The van der Waals surface area contributed by atoms with Crippen LogP contribution in [0.15, 0.2) is 11.1 Å². The van der Waals surface area contributed by atoms with Crippen molar-refractivity contribution in [2.24, 2.45) is 45.3 Å². The van der Waals surface area contributed by atoms with Gasteiger partial charge in [-0.15, -0.1) is 0 Å². The first kappa shape index (κ1) is 23.8. The molecule has 1 N–H and O–H groups in total. The highest BCUT2D eigenvalue weighted by molar-refractivity contribution is 5.38. The molecular formula is C30H52O. The molecule has 0 aliphatic heterocycles. The van der Waals surface area contributed by atoms with Crippen LogP contribution in [0.25, 0.3) is 0 Å². The molecule has 4 aliphatic carbocycles. The molecule has 0 bridgehead atoms. The second-order valence-corrected chi connectivity index (χ2v) is 14.0. The Morgan fingerprint density at radius 2 is 1.55 bits per heavy atom. The molecule has 1 heteroatoms. The maximum absolute atomic E-state index is 10.8. The predicted molar refractivity (Wildman–Crippen MR) is 133 cm³/mol. The van der Waals surface area contributed by atoms with E-state index < -0.39 is 0 Å². The molecule has 0 unspecified atom stereocenters. The molecule has 0 amide bonds. The zero-order valence-electron chi connectivity index (χ0n) is 22.1. The van der Waals surface area contributed by atoms with E-state index in [4.69, 9.17) is 0 Å². The lowest BCUT2D eigenvalue weighted by Gasteiger charge is -2.62.